The van der Waals surface area contributed by atoms with Crippen LogP contribution in [0.4, 0.5) is 16.2 Å². The lowest BCUT2D eigenvalue weighted by molar-refractivity contribution is 0.0697. The van der Waals surface area contributed by atoms with Crippen LogP contribution in [0.2, 0.25) is 0 Å². The quantitative estimate of drug-likeness (QED) is 0.520. The van der Waals surface area contributed by atoms with E-state index >= 15 is 0 Å². The van der Waals surface area contributed by atoms with E-state index in [2.05, 4.69) is 10.6 Å². The molecule has 1 aromatic heterocycles. The van der Waals surface area contributed by atoms with Gasteiger partial charge in [-0.2, -0.15) is 11.3 Å². The Kier molecular flexibility index (Phi) is 6.56. The van der Waals surface area contributed by atoms with Crippen LogP contribution >= 0.6 is 11.3 Å². The van der Waals surface area contributed by atoms with Crippen molar-refractivity contribution in [3.05, 3.63) is 77.0 Å². The molecule has 7 heteroatoms. The van der Waals surface area contributed by atoms with Gasteiger partial charge in [0, 0.05) is 5.69 Å². The standard InChI is InChI=1S/C14H12N2O4.C4H4S/c17-10-6-7-12(11(8-10)13(18)19)16-14(20)15-9-4-2-1-3-5-9;1-2-4-5-3-1/h1-8,17H,(H,18,19)(H2,15,16,20);1-4H. The van der Waals surface area contributed by atoms with Gasteiger partial charge < -0.3 is 20.8 Å². The summed E-state index contributed by atoms with van der Waals surface area (Å²) in [5.41, 5.74) is 0.498. The zero-order chi connectivity index (χ0) is 18.1. The number of nitrogens with one attached hydrogen (secondary N) is 2. The number of hydrogen-bond acceptors (Lipinski definition) is 4. The number of rotatable bonds is 3. The summed E-state index contributed by atoms with van der Waals surface area (Å²) < 4.78 is 0. The predicted molar refractivity (Wildman–Crippen MR) is 98.5 cm³/mol. The monoisotopic (exact) mass is 356 g/mol. The van der Waals surface area contributed by atoms with Crippen LogP contribution in [-0.2, 0) is 0 Å². The first-order chi connectivity index (χ1) is 12.1. The Morgan fingerprint density at radius 2 is 1.56 bits per heavy atom. The second-order valence-corrected chi connectivity index (χ2v) is 5.59. The normalized spacial score (nSPS) is 9.44. The first-order valence-corrected chi connectivity index (χ1v) is 8.17. The Bertz CT molecular complexity index is 803. The van der Waals surface area contributed by atoms with Gasteiger partial charge in [0.15, 0.2) is 0 Å². The molecular weight excluding hydrogens is 340 g/mol. The van der Waals surface area contributed by atoms with Gasteiger partial charge in [-0.3, -0.25) is 0 Å². The fourth-order valence-corrected chi connectivity index (χ4v) is 2.30. The number of thiophene rings is 1. The van der Waals surface area contributed by atoms with Crippen LogP contribution in [0.5, 0.6) is 5.75 Å². The van der Waals surface area contributed by atoms with E-state index in [1.807, 2.05) is 29.0 Å². The van der Waals surface area contributed by atoms with Crippen molar-refractivity contribution in [2.24, 2.45) is 0 Å². The number of para-hydroxylation sites is 1. The first kappa shape index (κ1) is 18.0. The highest BCUT2D eigenvalue weighted by Gasteiger charge is 2.13. The number of benzene rings is 2. The lowest BCUT2D eigenvalue weighted by Crippen LogP contribution is -2.20. The molecule has 0 aliphatic rings. The molecule has 2 amide bonds. The van der Waals surface area contributed by atoms with E-state index < -0.39 is 12.0 Å². The van der Waals surface area contributed by atoms with Gasteiger partial charge in [0.1, 0.15) is 5.75 Å². The molecule has 0 saturated heterocycles. The summed E-state index contributed by atoms with van der Waals surface area (Å²) >= 11 is 1.71. The zero-order valence-corrected chi connectivity index (χ0v) is 13.9. The van der Waals surface area contributed by atoms with Crippen molar-refractivity contribution in [3.8, 4) is 5.75 Å². The number of aromatic carboxylic acids is 1. The fourth-order valence-electron chi connectivity index (χ4n) is 1.85. The Labute approximate surface area is 148 Å². The number of carbonyl (C=O) groups is 2. The number of carbonyl (C=O) groups excluding carboxylic acids is 1. The van der Waals surface area contributed by atoms with Crippen molar-refractivity contribution in [3.63, 3.8) is 0 Å². The molecule has 0 atom stereocenters. The van der Waals surface area contributed by atoms with Crippen molar-refractivity contribution in [1.29, 1.82) is 0 Å². The van der Waals surface area contributed by atoms with Gasteiger partial charge >= 0.3 is 12.0 Å². The van der Waals surface area contributed by atoms with Gasteiger partial charge in [0.05, 0.1) is 11.3 Å². The minimum atomic E-state index is -1.24. The number of carboxylic acids is 1. The number of phenolic OH excluding ortho intramolecular Hbond substituents is 1. The molecular formula is C18H16N2O4S. The highest BCUT2D eigenvalue weighted by atomic mass is 32.1. The average molecular weight is 356 g/mol. The minimum Gasteiger partial charge on any atom is -0.508 e. The van der Waals surface area contributed by atoms with Gasteiger partial charge in [-0.15, -0.1) is 0 Å². The number of carboxylic acid groups (broad SMARTS) is 1. The highest BCUT2D eigenvalue weighted by Crippen LogP contribution is 2.21. The van der Waals surface area contributed by atoms with Crippen molar-refractivity contribution < 1.29 is 19.8 Å². The summed E-state index contributed by atoms with van der Waals surface area (Å²) in [4.78, 5) is 22.8. The summed E-state index contributed by atoms with van der Waals surface area (Å²) in [7, 11) is 0. The number of phenols is 1. The van der Waals surface area contributed by atoms with Crippen LogP contribution in [0, 0.1) is 0 Å². The molecule has 25 heavy (non-hydrogen) atoms. The molecule has 0 fully saturated rings. The first-order valence-electron chi connectivity index (χ1n) is 7.23. The Hall–Kier alpha value is -3.32. The Morgan fingerprint density at radius 3 is 2.12 bits per heavy atom. The van der Waals surface area contributed by atoms with Gasteiger partial charge in [-0.1, -0.05) is 30.3 Å². The maximum absolute atomic E-state index is 11.8. The second kappa shape index (κ2) is 9.09. The van der Waals surface area contributed by atoms with Crippen molar-refractivity contribution >= 4 is 34.7 Å². The number of anilines is 2. The molecule has 3 rings (SSSR count). The third-order valence-electron chi connectivity index (χ3n) is 2.94. The summed E-state index contributed by atoms with van der Waals surface area (Å²) in [5, 5.41) is 27.3. The molecule has 128 valence electrons. The molecule has 0 aliphatic heterocycles. The van der Waals surface area contributed by atoms with Crippen LogP contribution < -0.4 is 10.6 Å². The largest absolute Gasteiger partial charge is 0.508 e. The summed E-state index contributed by atoms with van der Waals surface area (Å²) in [6, 6.07) is 15.9. The predicted octanol–water partition coefficient (Wildman–Crippen LogP) is 4.48. The van der Waals surface area contributed by atoms with E-state index in [0.717, 1.165) is 6.07 Å². The van der Waals surface area contributed by atoms with Crippen molar-refractivity contribution in [2.45, 2.75) is 0 Å². The number of amides is 2. The fraction of sp³-hybridized carbons (Fsp3) is 0. The van der Waals surface area contributed by atoms with Crippen molar-refractivity contribution in [2.75, 3.05) is 10.6 Å². The third kappa shape index (κ3) is 6.00. The zero-order valence-electron chi connectivity index (χ0n) is 13.0. The highest BCUT2D eigenvalue weighted by molar-refractivity contribution is 7.07. The SMILES string of the molecule is O=C(Nc1ccccc1)Nc1ccc(O)cc1C(=O)O.c1ccsc1. The average Bonchev–Trinajstić information content (AvgIpc) is 3.17. The van der Waals surface area contributed by atoms with E-state index in [9.17, 15) is 14.7 Å². The molecule has 2 aromatic carbocycles. The van der Waals surface area contributed by atoms with E-state index in [1.165, 1.54) is 12.1 Å². The van der Waals surface area contributed by atoms with Crippen LogP contribution in [0.3, 0.4) is 0 Å². The lowest BCUT2D eigenvalue weighted by Gasteiger charge is -2.10. The number of aromatic hydroxyl groups is 1. The van der Waals surface area contributed by atoms with Gasteiger partial charge in [-0.25, -0.2) is 9.59 Å². The lowest BCUT2D eigenvalue weighted by atomic mass is 10.1. The van der Waals surface area contributed by atoms with Gasteiger partial charge in [0.25, 0.3) is 0 Å². The molecule has 6 nitrogen and oxygen atoms in total. The number of urea groups is 1. The summed E-state index contributed by atoms with van der Waals surface area (Å²) in [5.74, 6) is -1.42. The Morgan fingerprint density at radius 1 is 0.880 bits per heavy atom. The van der Waals surface area contributed by atoms with E-state index in [0.29, 0.717) is 5.69 Å². The van der Waals surface area contributed by atoms with Crippen molar-refractivity contribution in [1.82, 2.24) is 0 Å². The molecule has 3 aromatic rings. The molecule has 0 unspecified atom stereocenters. The minimum absolute atomic E-state index is 0.101. The summed E-state index contributed by atoms with van der Waals surface area (Å²) in [6.45, 7) is 0. The van der Waals surface area contributed by atoms with Crippen LogP contribution in [-0.4, -0.2) is 22.2 Å². The van der Waals surface area contributed by atoms with Crippen LogP contribution in [0.1, 0.15) is 10.4 Å². The van der Waals surface area contributed by atoms with E-state index in [-0.39, 0.29) is 17.0 Å². The van der Waals surface area contributed by atoms with E-state index in [4.69, 9.17) is 5.11 Å². The molecule has 0 aliphatic carbocycles. The maximum Gasteiger partial charge on any atom is 0.337 e. The third-order valence-corrected chi connectivity index (χ3v) is 3.57. The summed E-state index contributed by atoms with van der Waals surface area (Å²) in [6.07, 6.45) is 0. The topological polar surface area (TPSA) is 98.7 Å². The molecule has 0 bridgehead atoms. The van der Waals surface area contributed by atoms with Crippen LogP contribution in [0.25, 0.3) is 0 Å². The van der Waals surface area contributed by atoms with E-state index in [1.54, 1.807) is 35.6 Å². The molecule has 4 N–H and O–H groups in total. The Balaban J connectivity index is 0.000000386. The molecule has 0 spiro atoms. The molecule has 0 radical (unpaired) electrons. The molecule has 1 heterocycles. The maximum atomic E-state index is 11.8. The molecule has 0 saturated carbocycles. The van der Waals surface area contributed by atoms with Gasteiger partial charge in [-0.05, 0) is 41.1 Å². The van der Waals surface area contributed by atoms with Gasteiger partial charge in [0.2, 0.25) is 0 Å². The second-order valence-electron chi connectivity index (χ2n) is 4.77. The number of hydrogen-bond donors (Lipinski definition) is 4. The van der Waals surface area contributed by atoms with Crippen LogP contribution in [0.15, 0.2) is 71.4 Å². The smallest absolute Gasteiger partial charge is 0.337 e.